The maximum atomic E-state index is 12.1. The number of furan rings is 2. The van der Waals surface area contributed by atoms with Crippen molar-refractivity contribution in [2.45, 2.75) is 25.3 Å². The van der Waals surface area contributed by atoms with Gasteiger partial charge < -0.3 is 14.2 Å². The van der Waals surface area contributed by atoms with E-state index in [9.17, 15) is 4.79 Å². The summed E-state index contributed by atoms with van der Waals surface area (Å²) in [6.07, 6.45) is 5.33. The van der Waals surface area contributed by atoms with Crippen molar-refractivity contribution >= 4 is 21.8 Å². The van der Waals surface area contributed by atoms with Crippen LogP contribution in [0.2, 0.25) is 0 Å². The van der Waals surface area contributed by atoms with Gasteiger partial charge in [-0.3, -0.25) is 9.69 Å². The van der Waals surface area contributed by atoms with Gasteiger partial charge in [-0.2, -0.15) is 0 Å². The normalized spacial score (nSPS) is 17.3. The van der Waals surface area contributed by atoms with Crippen molar-refractivity contribution < 1.29 is 13.6 Å². The van der Waals surface area contributed by atoms with Gasteiger partial charge in [0.25, 0.3) is 5.91 Å². The average Bonchev–Trinajstić information content (AvgIpc) is 3.20. The zero-order chi connectivity index (χ0) is 15.4. The molecule has 2 aromatic heterocycles. The Bertz CT molecular complexity index is 603. The lowest BCUT2D eigenvalue weighted by Crippen LogP contribution is -2.40. The average molecular weight is 367 g/mol. The molecule has 118 valence electrons. The standard InChI is InChI=1S/C16H19BrN2O3/c17-15-7-6-14(22-15)16(20)18-11-12(13-5-4-10-21-13)19-8-2-1-3-9-19/h4-7,10,12H,1-3,8-9,11H2,(H,18,20)/t12-/m0/s1. The molecule has 1 N–H and O–H groups in total. The van der Waals surface area contributed by atoms with E-state index in [1.165, 1.54) is 19.3 Å². The van der Waals surface area contributed by atoms with E-state index in [1.54, 1.807) is 18.4 Å². The lowest BCUT2D eigenvalue weighted by Gasteiger charge is -2.33. The van der Waals surface area contributed by atoms with Crippen molar-refractivity contribution in [2.24, 2.45) is 0 Å². The van der Waals surface area contributed by atoms with Crippen LogP contribution in [0.5, 0.6) is 0 Å². The Hall–Kier alpha value is -1.53. The van der Waals surface area contributed by atoms with E-state index in [0.29, 0.717) is 17.0 Å². The minimum Gasteiger partial charge on any atom is -0.468 e. The molecular weight excluding hydrogens is 348 g/mol. The number of carbonyl (C=O) groups is 1. The van der Waals surface area contributed by atoms with Crippen molar-refractivity contribution in [2.75, 3.05) is 19.6 Å². The van der Waals surface area contributed by atoms with Crippen LogP contribution in [0, 0.1) is 0 Å². The summed E-state index contributed by atoms with van der Waals surface area (Å²) in [7, 11) is 0. The van der Waals surface area contributed by atoms with Crippen LogP contribution in [0.15, 0.2) is 44.0 Å². The molecule has 1 aliphatic heterocycles. The third-order valence-corrected chi connectivity index (χ3v) is 4.38. The second-order valence-electron chi connectivity index (χ2n) is 5.44. The molecule has 0 spiro atoms. The fraction of sp³-hybridized carbons (Fsp3) is 0.438. The highest BCUT2D eigenvalue weighted by molar-refractivity contribution is 9.10. The van der Waals surface area contributed by atoms with Gasteiger partial charge in [0.15, 0.2) is 10.4 Å². The molecule has 0 bridgehead atoms. The van der Waals surface area contributed by atoms with Gasteiger partial charge in [0, 0.05) is 6.54 Å². The van der Waals surface area contributed by atoms with Crippen molar-refractivity contribution in [3.05, 3.63) is 46.7 Å². The van der Waals surface area contributed by atoms with Gasteiger partial charge in [0.2, 0.25) is 0 Å². The highest BCUT2D eigenvalue weighted by Crippen LogP contribution is 2.24. The first-order valence-electron chi connectivity index (χ1n) is 7.55. The number of piperidine rings is 1. The molecule has 0 aliphatic carbocycles. The smallest absolute Gasteiger partial charge is 0.287 e. The van der Waals surface area contributed by atoms with E-state index in [-0.39, 0.29) is 11.9 Å². The lowest BCUT2D eigenvalue weighted by molar-refractivity contribution is 0.0886. The van der Waals surface area contributed by atoms with Gasteiger partial charge in [-0.1, -0.05) is 6.42 Å². The fourth-order valence-corrected chi connectivity index (χ4v) is 3.14. The summed E-state index contributed by atoms with van der Waals surface area (Å²) in [5.41, 5.74) is 0. The van der Waals surface area contributed by atoms with E-state index in [2.05, 4.69) is 26.1 Å². The van der Waals surface area contributed by atoms with Crippen LogP contribution in [0.1, 0.15) is 41.6 Å². The lowest BCUT2D eigenvalue weighted by atomic mass is 10.1. The number of rotatable bonds is 5. The largest absolute Gasteiger partial charge is 0.468 e. The third-order valence-electron chi connectivity index (χ3n) is 3.96. The molecule has 0 saturated carbocycles. The summed E-state index contributed by atoms with van der Waals surface area (Å²) >= 11 is 3.20. The van der Waals surface area contributed by atoms with Crippen LogP contribution < -0.4 is 5.32 Å². The van der Waals surface area contributed by atoms with Gasteiger partial charge in [-0.05, 0) is 66.1 Å². The summed E-state index contributed by atoms with van der Waals surface area (Å²) in [5.74, 6) is 0.991. The highest BCUT2D eigenvalue weighted by Gasteiger charge is 2.25. The summed E-state index contributed by atoms with van der Waals surface area (Å²) < 4.78 is 11.4. The van der Waals surface area contributed by atoms with Gasteiger partial charge >= 0.3 is 0 Å². The number of carbonyl (C=O) groups excluding carboxylic acids is 1. The molecule has 1 atom stereocenters. The van der Waals surface area contributed by atoms with Crippen LogP contribution in [-0.2, 0) is 0 Å². The predicted molar refractivity (Wildman–Crippen MR) is 85.6 cm³/mol. The molecule has 0 unspecified atom stereocenters. The molecule has 5 nitrogen and oxygen atoms in total. The van der Waals surface area contributed by atoms with Crippen molar-refractivity contribution in [1.29, 1.82) is 0 Å². The second-order valence-corrected chi connectivity index (χ2v) is 6.22. The molecule has 0 aromatic carbocycles. The minimum absolute atomic E-state index is 0.0673. The SMILES string of the molecule is O=C(NC[C@@H](c1ccco1)N1CCCCC1)c1ccc(Br)o1. The van der Waals surface area contributed by atoms with Gasteiger partial charge in [0.05, 0.1) is 12.3 Å². The van der Waals surface area contributed by atoms with Crippen LogP contribution in [0.3, 0.4) is 0 Å². The molecule has 2 aromatic rings. The van der Waals surface area contributed by atoms with E-state index < -0.39 is 0 Å². The van der Waals surface area contributed by atoms with Gasteiger partial charge in [-0.25, -0.2) is 0 Å². The molecule has 1 saturated heterocycles. The number of likely N-dealkylation sites (tertiary alicyclic amines) is 1. The summed E-state index contributed by atoms with van der Waals surface area (Å²) in [6, 6.07) is 7.29. The summed E-state index contributed by atoms with van der Waals surface area (Å²) in [4.78, 5) is 14.5. The van der Waals surface area contributed by atoms with Crippen molar-refractivity contribution in [3.63, 3.8) is 0 Å². The quantitative estimate of drug-likeness (QED) is 0.878. The molecule has 0 radical (unpaired) electrons. The number of nitrogens with zero attached hydrogens (tertiary/aromatic N) is 1. The molecule has 1 aliphatic rings. The van der Waals surface area contributed by atoms with Crippen LogP contribution >= 0.6 is 15.9 Å². The topological polar surface area (TPSA) is 58.6 Å². The number of halogens is 1. The minimum atomic E-state index is -0.209. The predicted octanol–water partition coefficient (Wildman–Crippen LogP) is 3.59. The molecule has 3 heterocycles. The number of hydrogen-bond acceptors (Lipinski definition) is 4. The Kier molecular flexibility index (Phi) is 5.00. The number of amides is 1. The van der Waals surface area contributed by atoms with Crippen molar-refractivity contribution in [3.8, 4) is 0 Å². The Morgan fingerprint density at radius 2 is 2.09 bits per heavy atom. The maximum absolute atomic E-state index is 12.1. The fourth-order valence-electron chi connectivity index (χ4n) is 2.83. The van der Waals surface area contributed by atoms with E-state index >= 15 is 0 Å². The molecule has 1 amide bonds. The van der Waals surface area contributed by atoms with E-state index in [4.69, 9.17) is 8.83 Å². The monoisotopic (exact) mass is 366 g/mol. The summed E-state index contributed by atoms with van der Waals surface area (Å²) in [5, 5.41) is 2.94. The van der Waals surface area contributed by atoms with Crippen LogP contribution in [0.4, 0.5) is 0 Å². The zero-order valence-corrected chi connectivity index (χ0v) is 13.8. The Labute approximate surface area is 137 Å². The van der Waals surface area contributed by atoms with Crippen LogP contribution in [-0.4, -0.2) is 30.4 Å². The van der Waals surface area contributed by atoms with E-state index in [0.717, 1.165) is 18.8 Å². The van der Waals surface area contributed by atoms with Gasteiger partial charge in [-0.15, -0.1) is 0 Å². The first-order valence-corrected chi connectivity index (χ1v) is 8.34. The molecule has 22 heavy (non-hydrogen) atoms. The maximum Gasteiger partial charge on any atom is 0.287 e. The molecule has 1 fully saturated rings. The first kappa shape index (κ1) is 15.4. The second kappa shape index (κ2) is 7.15. The summed E-state index contributed by atoms with van der Waals surface area (Å²) in [6.45, 7) is 2.58. The zero-order valence-electron chi connectivity index (χ0n) is 12.3. The van der Waals surface area contributed by atoms with Crippen LogP contribution in [0.25, 0.3) is 0 Å². The van der Waals surface area contributed by atoms with E-state index in [1.807, 2.05) is 12.1 Å². The van der Waals surface area contributed by atoms with Crippen molar-refractivity contribution in [1.82, 2.24) is 10.2 Å². The Morgan fingerprint density at radius 3 is 2.73 bits per heavy atom. The molecular formula is C16H19BrN2O3. The number of hydrogen-bond donors (Lipinski definition) is 1. The third kappa shape index (κ3) is 3.62. The van der Waals surface area contributed by atoms with Gasteiger partial charge in [0.1, 0.15) is 5.76 Å². The Balaban J connectivity index is 1.66. The number of nitrogens with one attached hydrogen (secondary N) is 1. The first-order chi connectivity index (χ1) is 10.7. The Morgan fingerprint density at radius 1 is 1.27 bits per heavy atom. The molecule has 6 heteroatoms. The highest BCUT2D eigenvalue weighted by atomic mass is 79.9. The molecule has 3 rings (SSSR count).